The molecule has 1 unspecified atom stereocenters. The zero-order chi connectivity index (χ0) is 24.3. The molecule has 0 radical (unpaired) electrons. The van der Waals surface area contributed by atoms with Gasteiger partial charge in [-0.1, -0.05) is 25.1 Å². The molecule has 1 aromatic heterocycles. The molecule has 2 aromatic carbocycles. The lowest BCUT2D eigenvalue weighted by Crippen LogP contribution is -2.38. The number of carbonyl (C=O) groups is 2. The quantitative estimate of drug-likeness (QED) is 0.488. The predicted octanol–water partition coefficient (Wildman–Crippen LogP) is 5.65. The minimum atomic E-state index is -4.46. The van der Waals surface area contributed by atoms with E-state index in [2.05, 4.69) is 5.32 Å². The molecule has 9 heteroatoms. The minimum Gasteiger partial charge on any atom is -0.480 e. The van der Waals surface area contributed by atoms with Crippen LogP contribution < -0.4 is 10.1 Å². The number of thiophene rings is 1. The van der Waals surface area contributed by atoms with Crippen LogP contribution in [0.3, 0.4) is 0 Å². The van der Waals surface area contributed by atoms with Crippen molar-refractivity contribution in [2.75, 3.05) is 5.32 Å². The molecule has 0 saturated carbocycles. The van der Waals surface area contributed by atoms with Gasteiger partial charge in [-0.15, -0.1) is 11.3 Å². The summed E-state index contributed by atoms with van der Waals surface area (Å²) in [5.74, 6) is 0.0580. The third-order valence-corrected chi connectivity index (χ3v) is 6.35. The van der Waals surface area contributed by atoms with Crippen LogP contribution in [0, 0.1) is 0 Å². The summed E-state index contributed by atoms with van der Waals surface area (Å²) in [6.07, 6.45) is -4.54. The number of halogens is 3. The topological polar surface area (TPSA) is 58.6 Å². The molecular weight excluding hydrogens is 465 g/mol. The Bertz CT molecular complexity index is 1180. The van der Waals surface area contributed by atoms with Gasteiger partial charge in [0.1, 0.15) is 5.75 Å². The Morgan fingerprint density at radius 1 is 1.18 bits per heavy atom. The van der Waals surface area contributed by atoms with Gasteiger partial charge in [-0.3, -0.25) is 9.59 Å². The van der Waals surface area contributed by atoms with E-state index in [4.69, 9.17) is 4.74 Å². The summed E-state index contributed by atoms with van der Waals surface area (Å²) in [5, 5.41) is 4.76. The van der Waals surface area contributed by atoms with Crippen molar-refractivity contribution in [2.45, 2.75) is 45.1 Å². The molecule has 1 N–H and O–H groups in total. The molecule has 1 aliphatic heterocycles. The first-order valence-corrected chi connectivity index (χ1v) is 11.7. The second-order valence-electron chi connectivity index (χ2n) is 8.03. The number of ether oxygens (including phenoxy) is 1. The zero-order valence-electron chi connectivity index (χ0n) is 18.4. The number of rotatable bonds is 6. The first kappa shape index (κ1) is 23.8. The average molecular weight is 489 g/mol. The van der Waals surface area contributed by atoms with E-state index in [1.807, 2.05) is 24.4 Å². The maximum Gasteiger partial charge on any atom is 0.416 e. The third kappa shape index (κ3) is 5.59. The minimum absolute atomic E-state index is 0.0109. The lowest BCUT2D eigenvalue weighted by molar-refractivity contribution is -0.139. The van der Waals surface area contributed by atoms with Crippen LogP contribution >= 0.6 is 11.3 Å². The molecule has 4 rings (SSSR count). The molecule has 34 heavy (non-hydrogen) atoms. The first-order valence-electron chi connectivity index (χ1n) is 10.8. The van der Waals surface area contributed by atoms with E-state index in [1.165, 1.54) is 22.3 Å². The second kappa shape index (κ2) is 9.89. The van der Waals surface area contributed by atoms with E-state index in [-0.39, 0.29) is 31.3 Å². The SMILES string of the molecule is CCC1Oc2ccc(NC(=O)Cc3cccs3)cc2CN(Cc2cccc(C(F)(F)F)c2)C1=O. The number of anilines is 1. The molecule has 0 saturated heterocycles. The molecular formula is C25H23F3N2O3S. The number of nitrogens with zero attached hydrogens (tertiary/aromatic N) is 1. The fourth-order valence-electron chi connectivity index (χ4n) is 3.82. The van der Waals surface area contributed by atoms with Gasteiger partial charge in [0.15, 0.2) is 6.10 Å². The van der Waals surface area contributed by atoms with Gasteiger partial charge in [0.05, 0.1) is 12.0 Å². The van der Waals surface area contributed by atoms with Gasteiger partial charge in [-0.25, -0.2) is 0 Å². The van der Waals surface area contributed by atoms with Gasteiger partial charge < -0.3 is 15.0 Å². The predicted molar refractivity (Wildman–Crippen MR) is 123 cm³/mol. The van der Waals surface area contributed by atoms with Crippen LogP contribution in [0.15, 0.2) is 60.0 Å². The Hall–Kier alpha value is -3.33. The molecule has 178 valence electrons. The molecule has 5 nitrogen and oxygen atoms in total. The van der Waals surface area contributed by atoms with E-state index in [0.717, 1.165) is 17.0 Å². The van der Waals surface area contributed by atoms with Gasteiger partial charge in [-0.05, 0) is 53.8 Å². The van der Waals surface area contributed by atoms with Crippen LogP contribution in [0.4, 0.5) is 18.9 Å². The monoisotopic (exact) mass is 488 g/mol. The Morgan fingerprint density at radius 2 is 2.00 bits per heavy atom. The highest BCUT2D eigenvalue weighted by atomic mass is 32.1. The fourth-order valence-corrected chi connectivity index (χ4v) is 4.52. The van der Waals surface area contributed by atoms with E-state index >= 15 is 0 Å². The molecule has 1 aliphatic rings. The fraction of sp³-hybridized carbons (Fsp3) is 0.280. The molecule has 0 spiro atoms. The number of fused-ring (bicyclic) bond motifs is 1. The van der Waals surface area contributed by atoms with E-state index in [9.17, 15) is 22.8 Å². The molecule has 0 fully saturated rings. The van der Waals surface area contributed by atoms with Crippen molar-refractivity contribution < 1.29 is 27.5 Å². The van der Waals surface area contributed by atoms with Gasteiger partial charge in [-0.2, -0.15) is 13.2 Å². The lowest BCUT2D eigenvalue weighted by Gasteiger charge is -2.23. The van der Waals surface area contributed by atoms with Crippen molar-refractivity contribution in [3.63, 3.8) is 0 Å². The number of hydrogen-bond donors (Lipinski definition) is 1. The molecule has 1 atom stereocenters. The van der Waals surface area contributed by atoms with Crippen molar-refractivity contribution in [1.82, 2.24) is 4.90 Å². The number of carbonyl (C=O) groups excluding carboxylic acids is 2. The van der Waals surface area contributed by atoms with Crippen molar-refractivity contribution in [3.8, 4) is 5.75 Å². The molecule has 3 aromatic rings. The molecule has 0 aliphatic carbocycles. The van der Waals surface area contributed by atoms with Crippen molar-refractivity contribution >= 4 is 28.8 Å². The Balaban J connectivity index is 1.56. The Morgan fingerprint density at radius 3 is 2.71 bits per heavy atom. The highest BCUT2D eigenvalue weighted by Crippen LogP contribution is 2.32. The lowest BCUT2D eigenvalue weighted by atomic mass is 10.1. The summed E-state index contributed by atoms with van der Waals surface area (Å²) in [4.78, 5) is 27.9. The van der Waals surface area contributed by atoms with Crippen LogP contribution in [-0.2, 0) is 35.3 Å². The Labute approximate surface area is 199 Å². The standard InChI is InChI=1S/C25H23F3N2O3S/c1-2-21-24(32)30(14-16-5-3-6-18(11-16)25(26,27)28)15-17-12-19(8-9-22(17)33-21)29-23(31)13-20-7-4-10-34-20/h3-12,21H,2,13-15H2,1H3,(H,29,31). The van der Waals surface area contributed by atoms with E-state index < -0.39 is 17.8 Å². The summed E-state index contributed by atoms with van der Waals surface area (Å²) in [6, 6.07) is 13.9. The number of hydrogen-bond acceptors (Lipinski definition) is 4. The number of nitrogens with one attached hydrogen (secondary N) is 1. The third-order valence-electron chi connectivity index (χ3n) is 5.48. The van der Waals surface area contributed by atoms with Gasteiger partial charge in [0, 0.05) is 29.2 Å². The smallest absolute Gasteiger partial charge is 0.416 e. The molecule has 2 heterocycles. The maximum atomic E-state index is 13.1. The van der Waals surface area contributed by atoms with Crippen LogP contribution in [0.2, 0.25) is 0 Å². The normalized spacial score (nSPS) is 15.9. The largest absolute Gasteiger partial charge is 0.480 e. The molecule has 2 amide bonds. The summed E-state index contributed by atoms with van der Waals surface area (Å²) in [5.41, 5.74) is 0.851. The summed E-state index contributed by atoms with van der Waals surface area (Å²) >= 11 is 1.50. The highest BCUT2D eigenvalue weighted by Gasteiger charge is 2.32. The van der Waals surface area contributed by atoms with Crippen molar-refractivity contribution in [1.29, 1.82) is 0 Å². The van der Waals surface area contributed by atoms with Gasteiger partial charge in [0.25, 0.3) is 5.91 Å². The van der Waals surface area contributed by atoms with Crippen LogP contribution in [0.1, 0.15) is 34.9 Å². The number of alkyl halides is 3. The van der Waals surface area contributed by atoms with Crippen LogP contribution in [0.5, 0.6) is 5.75 Å². The summed E-state index contributed by atoms with van der Waals surface area (Å²) in [7, 11) is 0. The van der Waals surface area contributed by atoms with Crippen LogP contribution in [-0.4, -0.2) is 22.8 Å². The molecule has 0 bridgehead atoms. The van der Waals surface area contributed by atoms with Gasteiger partial charge in [0.2, 0.25) is 5.91 Å². The van der Waals surface area contributed by atoms with Crippen LogP contribution in [0.25, 0.3) is 0 Å². The van der Waals surface area contributed by atoms with Gasteiger partial charge >= 0.3 is 6.18 Å². The highest BCUT2D eigenvalue weighted by molar-refractivity contribution is 7.10. The first-order chi connectivity index (χ1) is 16.2. The Kier molecular flexibility index (Phi) is 6.92. The zero-order valence-corrected chi connectivity index (χ0v) is 19.2. The number of benzene rings is 2. The van der Waals surface area contributed by atoms with Crippen molar-refractivity contribution in [3.05, 3.63) is 81.5 Å². The maximum absolute atomic E-state index is 13.1. The number of amides is 2. The second-order valence-corrected chi connectivity index (χ2v) is 9.07. The summed E-state index contributed by atoms with van der Waals surface area (Å²) < 4.78 is 45.3. The summed E-state index contributed by atoms with van der Waals surface area (Å²) in [6.45, 7) is 1.97. The average Bonchev–Trinajstić information content (AvgIpc) is 3.25. The van der Waals surface area contributed by atoms with Crippen molar-refractivity contribution in [2.24, 2.45) is 0 Å². The van der Waals surface area contributed by atoms with E-state index in [1.54, 1.807) is 24.3 Å². The van der Waals surface area contributed by atoms with E-state index in [0.29, 0.717) is 29.0 Å².